The lowest BCUT2D eigenvalue weighted by Crippen LogP contribution is -3.00. The predicted molar refractivity (Wildman–Crippen MR) is 46.4 cm³/mol. The molecule has 1 aromatic heterocycles. The largest absolute Gasteiger partial charge is 1.00 e. The average molecular weight is 225 g/mol. The number of hydrogen-bond donors (Lipinski definition) is 0. The van der Waals surface area contributed by atoms with Gasteiger partial charge in [-0.1, -0.05) is 29.3 Å². The Morgan fingerprint density at radius 3 is 2.33 bits per heavy atom. The first-order valence-corrected chi connectivity index (χ1v) is 4.03. The van der Waals surface area contributed by atoms with E-state index in [0.717, 1.165) is 0 Å². The van der Waals surface area contributed by atoms with Gasteiger partial charge in [0.15, 0.2) is 18.9 Å². The molecule has 0 saturated carbocycles. The summed E-state index contributed by atoms with van der Waals surface area (Å²) in [5.74, 6) is 0. The first kappa shape index (κ1) is 11.8. The van der Waals surface area contributed by atoms with E-state index in [0.29, 0.717) is 11.6 Å². The van der Waals surface area contributed by atoms with Gasteiger partial charge in [0.05, 0.1) is 5.03 Å². The molecule has 0 radical (unpaired) electrons. The zero-order chi connectivity index (χ0) is 8.10. The molecule has 66 valence electrons. The fourth-order valence-corrected chi connectivity index (χ4v) is 0.956. The minimum atomic E-state index is 0. The molecule has 0 aliphatic carbocycles. The lowest BCUT2D eigenvalue weighted by atomic mass is 10.5. The number of aromatic nitrogens is 1. The Hall–Kier alpha value is -0.240. The second kappa shape index (κ2) is 6.30. The molecule has 0 aromatic carbocycles. The summed E-state index contributed by atoms with van der Waals surface area (Å²) >= 11 is 11.1. The average Bonchev–Trinajstić information content (AvgIpc) is 2.06. The Morgan fingerprint density at radius 2 is 1.83 bits per heavy atom. The Bertz CT molecular complexity index is 246. The smallest absolute Gasteiger partial charge is 0.185 e. The minimum Gasteiger partial charge on any atom is -1.00 e. The van der Waals surface area contributed by atoms with Gasteiger partial charge in [0.1, 0.15) is 0 Å². The SMILES string of the molecule is ClC=C(Cl)C[n+]1ccccc1.[Cl-]. The van der Waals surface area contributed by atoms with E-state index in [2.05, 4.69) is 0 Å². The van der Waals surface area contributed by atoms with E-state index in [4.69, 9.17) is 23.2 Å². The fraction of sp³-hybridized carbons (Fsp3) is 0.125. The first-order chi connectivity index (χ1) is 5.33. The molecular weight excluding hydrogens is 216 g/mol. The maximum absolute atomic E-state index is 5.71. The van der Waals surface area contributed by atoms with Crippen molar-refractivity contribution < 1.29 is 17.0 Å². The molecule has 0 saturated heterocycles. The molecule has 0 N–H and O–H groups in total. The number of hydrogen-bond acceptors (Lipinski definition) is 0. The highest BCUT2D eigenvalue weighted by Gasteiger charge is 1.99. The molecule has 1 nitrogen and oxygen atoms in total. The summed E-state index contributed by atoms with van der Waals surface area (Å²) in [6.07, 6.45) is 3.87. The number of rotatable bonds is 2. The van der Waals surface area contributed by atoms with Crippen LogP contribution in [0.4, 0.5) is 0 Å². The Morgan fingerprint density at radius 1 is 1.25 bits per heavy atom. The molecule has 12 heavy (non-hydrogen) atoms. The highest BCUT2D eigenvalue weighted by Crippen LogP contribution is 2.01. The van der Waals surface area contributed by atoms with Crippen molar-refractivity contribution in [3.63, 3.8) is 0 Å². The van der Waals surface area contributed by atoms with Crippen LogP contribution < -0.4 is 17.0 Å². The second-order valence-corrected chi connectivity index (χ2v) is 2.81. The van der Waals surface area contributed by atoms with Gasteiger partial charge >= 0.3 is 0 Å². The van der Waals surface area contributed by atoms with Crippen molar-refractivity contribution in [3.8, 4) is 0 Å². The Labute approximate surface area is 88.0 Å². The Balaban J connectivity index is 0.00000121. The van der Waals surface area contributed by atoms with Gasteiger partial charge in [0.25, 0.3) is 0 Å². The third-order valence-electron chi connectivity index (χ3n) is 1.23. The van der Waals surface area contributed by atoms with Crippen LogP contribution in [0.3, 0.4) is 0 Å². The molecule has 0 unspecified atom stereocenters. The summed E-state index contributed by atoms with van der Waals surface area (Å²) in [5.41, 5.74) is 1.38. The summed E-state index contributed by atoms with van der Waals surface area (Å²) in [6.45, 7) is 0.631. The standard InChI is InChI=1S/C8H8Cl2N.ClH/c9-6-8(10)7-11-4-2-1-3-5-11;/h1-6H,7H2;1H/q+1;/p-1. The van der Waals surface area contributed by atoms with Gasteiger partial charge < -0.3 is 12.4 Å². The van der Waals surface area contributed by atoms with Gasteiger partial charge in [-0.15, -0.1) is 0 Å². The van der Waals surface area contributed by atoms with Gasteiger partial charge in [0.2, 0.25) is 0 Å². The summed E-state index contributed by atoms with van der Waals surface area (Å²) in [6, 6.07) is 5.84. The van der Waals surface area contributed by atoms with Crippen LogP contribution >= 0.6 is 23.2 Å². The number of nitrogens with zero attached hydrogens (tertiary/aromatic N) is 1. The lowest BCUT2D eigenvalue weighted by molar-refractivity contribution is -0.687. The molecule has 1 rings (SSSR count). The quantitative estimate of drug-likeness (QED) is 0.585. The molecule has 0 spiro atoms. The summed E-state index contributed by atoms with van der Waals surface area (Å²) in [5, 5.41) is 0.628. The molecule has 0 aliphatic heterocycles. The van der Waals surface area contributed by atoms with E-state index in [1.165, 1.54) is 5.54 Å². The summed E-state index contributed by atoms with van der Waals surface area (Å²) < 4.78 is 1.95. The molecule has 0 aliphatic rings. The molecular formula is C8H8Cl3N. The lowest BCUT2D eigenvalue weighted by Gasteiger charge is -1.91. The first-order valence-electron chi connectivity index (χ1n) is 3.22. The predicted octanol–water partition coefficient (Wildman–Crippen LogP) is -0.703. The molecule has 1 aromatic rings. The van der Waals surface area contributed by atoms with Gasteiger partial charge in [-0.3, -0.25) is 0 Å². The van der Waals surface area contributed by atoms with Crippen molar-refractivity contribution in [1.29, 1.82) is 0 Å². The van der Waals surface area contributed by atoms with Crippen molar-refractivity contribution in [2.24, 2.45) is 0 Å². The van der Waals surface area contributed by atoms with E-state index in [9.17, 15) is 0 Å². The van der Waals surface area contributed by atoms with Crippen LogP contribution in [0, 0.1) is 0 Å². The van der Waals surface area contributed by atoms with Crippen molar-refractivity contribution in [3.05, 3.63) is 41.2 Å². The van der Waals surface area contributed by atoms with Crippen molar-refractivity contribution in [2.45, 2.75) is 6.54 Å². The van der Waals surface area contributed by atoms with Crippen molar-refractivity contribution >= 4 is 23.2 Å². The van der Waals surface area contributed by atoms with Crippen LogP contribution in [0.2, 0.25) is 0 Å². The fourth-order valence-electron chi connectivity index (χ4n) is 0.749. The van der Waals surface area contributed by atoms with E-state index in [-0.39, 0.29) is 12.4 Å². The zero-order valence-corrected chi connectivity index (χ0v) is 8.52. The number of halogens is 3. The van der Waals surface area contributed by atoms with Crippen molar-refractivity contribution in [1.82, 2.24) is 0 Å². The maximum atomic E-state index is 5.71. The molecule has 4 heteroatoms. The van der Waals surface area contributed by atoms with Crippen molar-refractivity contribution in [2.75, 3.05) is 0 Å². The minimum absolute atomic E-state index is 0. The molecule has 0 fully saturated rings. The van der Waals surface area contributed by atoms with Crippen LogP contribution in [0.15, 0.2) is 41.2 Å². The number of allylic oxidation sites excluding steroid dienone is 1. The van der Waals surface area contributed by atoms with E-state index < -0.39 is 0 Å². The normalized spacial score (nSPS) is 10.7. The van der Waals surface area contributed by atoms with E-state index in [1.54, 1.807) is 0 Å². The third-order valence-corrected chi connectivity index (χ3v) is 1.83. The highest BCUT2D eigenvalue weighted by atomic mass is 35.5. The van der Waals surface area contributed by atoms with Gasteiger partial charge in [-0.2, -0.15) is 4.57 Å². The summed E-state index contributed by atoms with van der Waals surface area (Å²) in [7, 11) is 0. The molecule has 0 bridgehead atoms. The van der Waals surface area contributed by atoms with E-state index in [1.807, 2.05) is 35.2 Å². The van der Waals surface area contributed by atoms with Gasteiger partial charge in [-0.25, -0.2) is 0 Å². The highest BCUT2D eigenvalue weighted by molar-refractivity contribution is 6.36. The third kappa shape index (κ3) is 3.96. The van der Waals surface area contributed by atoms with Crippen LogP contribution in [0.1, 0.15) is 0 Å². The van der Waals surface area contributed by atoms with Gasteiger partial charge in [0, 0.05) is 17.7 Å². The Kier molecular flexibility index (Phi) is 6.17. The molecule has 0 amide bonds. The second-order valence-electron chi connectivity index (χ2n) is 2.10. The zero-order valence-electron chi connectivity index (χ0n) is 6.25. The van der Waals surface area contributed by atoms with E-state index >= 15 is 0 Å². The van der Waals surface area contributed by atoms with Crippen LogP contribution in [0.5, 0.6) is 0 Å². The van der Waals surface area contributed by atoms with Crippen LogP contribution in [0.25, 0.3) is 0 Å². The maximum Gasteiger partial charge on any atom is 0.185 e. The monoisotopic (exact) mass is 223 g/mol. The number of pyridine rings is 1. The van der Waals surface area contributed by atoms with Gasteiger partial charge in [-0.05, 0) is 0 Å². The van der Waals surface area contributed by atoms with Crippen LogP contribution in [-0.4, -0.2) is 0 Å². The molecule has 1 heterocycles. The van der Waals surface area contributed by atoms with Crippen LogP contribution in [-0.2, 0) is 6.54 Å². The summed E-state index contributed by atoms with van der Waals surface area (Å²) in [4.78, 5) is 0. The molecule has 0 atom stereocenters. The topological polar surface area (TPSA) is 3.88 Å².